The summed E-state index contributed by atoms with van der Waals surface area (Å²) >= 11 is 0. The summed E-state index contributed by atoms with van der Waals surface area (Å²) in [5.74, 6) is 10.8. The molecule has 3 fully saturated rings. The molecule has 0 amide bonds. The summed E-state index contributed by atoms with van der Waals surface area (Å²) in [4.78, 5) is 0. The van der Waals surface area contributed by atoms with E-state index in [0.29, 0.717) is 0 Å². The van der Waals surface area contributed by atoms with Gasteiger partial charge in [-0.25, -0.2) is 0 Å². The number of allylic oxidation sites excluding steroid dienone is 12. The van der Waals surface area contributed by atoms with E-state index in [1.807, 2.05) is 9.24 Å². The van der Waals surface area contributed by atoms with Crippen LogP contribution in [0.1, 0.15) is 82.8 Å². The SMILES string of the molecule is C/C=C/C1CC(C)C(CC)C1/C=C/C.C/C=C/C1CC(C)C2CC=CC12.C1=CC2C3C=CC(C3)C2C1.[2H]C([2H])P. The fraction of sp³-hybridized carbons (Fsp3) is 0.676. The molecule has 6 aliphatic rings. The van der Waals surface area contributed by atoms with Crippen molar-refractivity contribution in [1.82, 2.24) is 0 Å². The molecule has 0 aromatic carbocycles. The van der Waals surface area contributed by atoms with Crippen molar-refractivity contribution in [2.75, 3.05) is 6.62 Å². The lowest BCUT2D eigenvalue weighted by molar-refractivity contribution is 0.350. The topological polar surface area (TPSA) is 0 Å². The number of rotatable bonds is 4. The second-order valence-electron chi connectivity index (χ2n) is 12.7. The number of hydrogen-bond acceptors (Lipinski definition) is 0. The minimum atomic E-state index is -0.750. The Labute approximate surface area is 242 Å². The lowest BCUT2D eigenvalue weighted by Crippen LogP contribution is -2.12. The highest BCUT2D eigenvalue weighted by atomic mass is 31.0. The highest BCUT2D eigenvalue weighted by Crippen LogP contribution is 2.52. The normalized spacial score (nSPS) is 44.1. The third-order valence-electron chi connectivity index (χ3n) is 10.7. The van der Waals surface area contributed by atoms with Crippen molar-refractivity contribution in [3.63, 3.8) is 0 Å². The lowest BCUT2D eigenvalue weighted by atomic mass is 9.85. The molecule has 0 radical (unpaired) electrons. The van der Waals surface area contributed by atoms with E-state index in [1.165, 1.54) is 38.5 Å². The Kier molecular flexibility index (Phi) is 11.7. The molecule has 2 bridgehead atoms. The minimum absolute atomic E-state index is 0.750. The summed E-state index contributed by atoms with van der Waals surface area (Å²) in [5.41, 5.74) is 0. The van der Waals surface area contributed by atoms with Gasteiger partial charge >= 0.3 is 0 Å². The summed E-state index contributed by atoms with van der Waals surface area (Å²) in [6, 6.07) is 0. The molecule has 13 unspecified atom stereocenters. The van der Waals surface area contributed by atoms with Gasteiger partial charge in [0, 0.05) is 2.74 Å². The Morgan fingerprint density at radius 1 is 0.737 bits per heavy atom. The van der Waals surface area contributed by atoms with Crippen molar-refractivity contribution in [3.8, 4) is 0 Å². The molecule has 13 atom stereocenters. The summed E-state index contributed by atoms with van der Waals surface area (Å²) in [6.07, 6.45) is 36.6. The first kappa shape index (κ1) is 28.4. The zero-order chi connectivity index (χ0) is 29.2. The van der Waals surface area contributed by atoms with Crippen molar-refractivity contribution in [2.45, 2.75) is 80.1 Å². The van der Waals surface area contributed by atoms with Gasteiger partial charge in [-0.05, 0) is 124 Å². The summed E-state index contributed by atoms with van der Waals surface area (Å²) in [6.45, 7) is 12.8. The smallest absolute Gasteiger partial charge is 0.0274 e. The van der Waals surface area contributed by atoms with Crippen LogP contribution in [0.25, 0.3) is 0 Å². The van der Waals surface area contributed by atoms with Crippen molar-refractivity contribution in [1.29, 1.82) is 0 Å². The van der Waals surface area contributed by atoms with Gasteiger partial charge in [-0.15, -0.1) is 9.24 Å². The van der Waals surface area contributed by atoms with Crippen LogP contribution in [-0.2, 0) is 0 Å². The standard InChI is InChI=1S/C14H24.C12H18.C10H12.CH5P/c1-5-8-12-10-11(4)13(7-3)14(12)9-6-2;1-3-5-10-8-9(2)11-6-4-7-12(10)11;1-2-9-7-4-5-8(6-7)10(9)3-1;1-2/h5-6,8-9,11-14H,7,10H2,1-4H3;3-5,7,9-12H,6,8H2,1-2H3;1-2,4-5,7-10H,3,6H2;2H2,1H3/b8-5+,9-6+;5-3+;;/i;;;1D2. The molecule has 0 saturated heterocycles. The van der Waals surface area contributed by atoms with E-state index < -0.39 is 6.62 Å². The second-order valence-corrected chi connectivity index (χ2v) is 12.7. The van der Waals surface area contributed by atoms with Gasteiger partial charge in [0.2, 0.25) is 0 Å². The molecule has 0 aromatic heterocycles. The summed E-state index contributed by atoms with van der Waals surface area (Å²) in [7, 11) is 1.99. The lowest BCUT2D eigenvalue weighted by Gasteiger charge is -2.20. The maximum absolute atomic E-state index is 6.21. The molecule has 6 aliphatic carbocycles. The van der Waals surface area contributed by atoms with Gasteiger partial charge in [0.25, 0.3) is 0 Å². The first-order valence-corrected chi connectivity index (χ1v) is 16.4. The van der Waals surface area contributed by atoms with Gasteiger partial charge in [0.1, 0.15) is 0 Å². The van der Waals surface area contributed by atoms with Crippen LogP contribution in [0.3, 0.4) is 0 Å². The third kappa shape index (κ3) is 7.14. The van der Waals surface area contributed by atoms with Crippen LogP contribution in [0.2, 0.25) is 0 Å². The van der Waals surface area contributed by atoms with Crippen molar-refractivity contribution < 1.29 is 2.74 Å². The highest BCUT2D eigenvalue weighted by molar-refractivity contribution is 7.15. The third-order valence-corrected chi connectivity index (χ3v) is 10.7. The van der Waals surface area contributed by atoms with E-state index in [1.54, 1.807) is 0 Å². The summed E-state index contributed by atoms with van der Waals surface area (Å²) < 4.78 is 12.4. The Bertz CT molecular complexity index is 924. The van der Waals surface area contributed by atoms with E-state index in [4.69, 9.17) is 2.74 Å². The molecule has 212 valence electrons. The fourth-order valence-electron chi connectivity index (χ4n) is 9.05. The second kappa shape index (κ2) is 15.6. The van der Waals surface area contributed by atoms with Crippen molar-refractivity contribution in [3.05, 3.63) is 72.9 Å². The molecule has 1 heteroatoms. The van der Waals surface area contributed by atoms with Gasteiger partial charge in [-0.3, -0.25) is 0 Å². The molecule has 0 spiro atoms. The molecule has 3 saturated carbocycles. The van der Waals surface area contributed by atoms with Crippen LogP contribution < -0.4 is 0 Å². The quantitative estimate of drug-likeness (QED) is 0.248. The van der Waals surface area contributed by atoms with Gasteiger partial charge in [0.15, 0.2) is 0 Å². The fourth-order valence-corrected chi connectivity index (χ4v) is 9.05. The van der Waals surface area contributed by atoms with Gasteiger partial charge in [0.05, 0.1) is 0 Å². The van der Waals surface area contributed by atoms with Crippen molar-refractivity contribution in [2.24, 2.45) is 71.0 Å². The molecular formula is C37H59P. The maximum Gasteiger partial charge on any atom is 0.0274 e. The zero-order valence-corrected chi connectivity index (χ0v) is 26.4. The van der Waals surface area contributed by atoms with Crippen molar-refractivity contribution >= 4 is 9.24 Å². The molecule has 0 heterocycles. The minimum Gasteiger partial charge on any atom is -0.141 e. The molecular weight excluding hydrogens is 475 g/mol. The van der Waals surface area contributed by atoms with Crippen LogP contribution in [0.5, 0.6) is 0 Å². The Morgan fingerprint density at radius 2 is 1.32 bits per heavy atom. The van der Waals surface area contributed by atoms with E-state index in [2.05, 4.69) is 114 Å². The predicted molar refractivity (Wildman–Crippen MR) is 174 cm³/mol. The molecule has 0 aliphatic heterocycles. The maximum atomic E-state index is 6.21. The number of hydrogen-bond donors (Lipinski definition) is 0. The Balaban J connectivity index is 0.000000156. The zero-order valence-electron chi connectivity index (χ0n) is 27.3. The van der Waals surface area contributed by atoms with Crippen LogP contribution in [0.4, 0.5) is 0 Å². The molecule has 6 rings (SSSR count). The Morgan fingerprint density at radius 3 is 1.95 bits per heavy atom. The van der Waals surface area contributed by atoms with Gasteiger partial charge < -0.3 is 0 Å². The van der Waals surface area contributed by atoms with E-state index in [-0.39, 0.29) is 0 Å². The van der Waals surface area contributed by atoms with Crippen LogP contribution in [-0.4, -0.2) is 6.62 Å². The van der Waals surface area contributed by atoms with Crippen LogP contribution in [0.15, 0.2) is 72.9 Å². The van der Waals surface area contributed by atoms with Gasteiger partial charge in [-0.2, -0.15) is 0 Å². The van der Waals surface area contributed by atoms with E-state index in [0.717, 1.165) is 71.0 Å². The molecule has 0 nitrogen and oxygen atoms in total. The average molecular weight is 537 g/mol. The highest BCUT2D eigenvalue weighted by Gasteiger charge is 2.44. The first-order valence-electron chi connectivity index (χ1n) is 16.9. The largest absolute Gasteiger partial charge is 0.141 e. The monoisotopic (exact) mass is 536 g/mol. The van der Waals surface area contributed by atoms with Crippen LogP contribution in [0, 0.1) is 71.0 Å². The summed E-state index contributed by atoms with van der Waals surface area (Å²) in [5, 5.41) is 0. The molecule has 0 aromatic rings. The first-order chi connectivity index (χ1) is 19.2. The predicted octanol–water partition coefficient (Wildman–Crippen LogP) is 10.7. The molecule has 38 heavy (non-hydrogen) atoms. The average Bonchev–Trinajstić information content (AvgIpc) is 3.74. The Hall–Kier alpha value is -1.13. The van der Waals surface area contributed by atoms with E-state index >= 15 is 0 Å². The van der Waals surface area contributed by atoms with E-state index in [9.17, 15) is 0 Å². The molecule has 0 N–H and O–H groups in total. The van der Waals surface area contributed by atoms with Gasteiger partial charge in [-0.1, -0.05) is 107 Å². The number of fused-ring (bicyclic) bond motifs is 6. The van der Waals surface area contributed by atoms with Crippen LogP contribution >= 0.6 is 9.24 Å².